The van der Waals surface area contributed by atoms with Crippen LogP contribution in [0.5, 0.6) is 5.75 Å². The van der Waals surface area contributed by atoms with Crippen LogP contribution >= 0.6 is 0 Å². The van der Waals surface area contributed by atoms with E-state index in [0.717, 1.165) is 18.4 Å². The van der Waals surface area contributed by atoms with Gasteiger partial charge in [-0.3, -0.25) is 0 Å². The molecule has 96 valence electrons. The summed E-state index contributed by atoms with van der Waals surface area (Å²) in [4.78, 5) is 0. The Kier molecular flexibility index (Phi) is 5.94. The molecule has 0 spiro atoms. The summed E-state index contributed by atoms with van der Waals surface area (Å²) in [5, 5.41) is 0. The van der Waals surface area contributed by atoms with Gasteiger partial charge in [0.15, 0.2) is 0 Å². The summed E-state index contributed by atoms with van der Waals surface area (Å²) in [5.74, 6) is 0.698. The number of alkyl halides is 1. The van der Waals surface area contributed by atoms with E-state index in [-0.39, 0.29) is 13.2 Å². The van der Waals surface area contributed by atoms with E-state index in [1.165, 1.54) is 5.56 Å². The van der Waals surface area contributed by atoms with Crippen molar-refractivity contribution in [3.8, 4) is 5.75 Å². The molecule has 0 heterocycles. The number of ether oxygens (including phenoxy) is 1. The number of nitrogens with two attached hydrogens (primary N) is 2. The van der Waals surface area contributed by atoms with E-state index < -0.39 is 6.17 Å². The molecule has 0 unspecified atom stereocenters. The first-order chi connectivity index (χ1) is 8.19. The van der Waals surface area contributed by atoms with Crippen molar-refractivity contribution in [2.45, 2.75) is 25.9 Å². The Labute approximate surface area is 102 Å². The third-order valence-electron chi connectivity index (χ3n) is 2.55. The van der Waals surface area contributed by atoms with E-state index in [2.05, 4.69) is 13.0 Å². The fraction of sp³-hybridized carbons (Fsp3) is 0.538. The van der Waals surface area contributed by atoms with Crippen molar-refractivity contribution in [1.29, 1.82) is 0 Å². The Balaban J connectivity index is 2.72. The van der Waals surface area contributed by atoms with Gasteiger partial charge in [0, 0.05) is 6.54 Å². The fourth-order valence-corrected chi connectivity index (χ4v) is 1.58. The maximum absolute atomic E-state index is 13.0. The zero-order valence-electron chi connectivity index (χ0n) is 10.3. The van der Waals surface area contributed by atoms with Gasteiger partial charge in [0.05, 0.1) is 0 Å². The Morgan fingerprint density at radius 1 is 1.24 bits per heavy atom. The minimum Gasteiger partial charge on any atom is -0.490 e. The third-order valence-corrected chi connectivity index (χ3v) is 2.55. The van der Waals surface area contributed by atoms with Crippen molar-refractivity contribution in [1.82, 2.24) is 0 Å². The smallest absolute Gasteiger partial charge is 0.146 e. The van der Waals surface area contributed by atoms with Crippen molar-refractivity contribution in [3.05, 3.63) is 29.3 Å². The molecule has 4 heteroatoms. The number of hydrogen-bond donors (Lipinski definition) is 2. The first-order valence-electron chi connectivity index (χ1n) is 5.99. The second kappa shape index (κ2) is 7.25. The Bertz CT molecular complexity index is 344. The van der Waals surface area contributed by atoms with Crippen LogP contribution in [0, 0.1) is 0 Å². The summed E-state index contributed by atoms with van der Waals surface area (Å²) >= 11 is 0. The van der Waals surface area contributed by atoms with Crippen molar-refractivity contribution in [2.24, 2.45) is 11.5 Å². The average Bonchev–Trinajstić information content (AvgIpc) is 2.36. The van der Waals surface area contributed by atoms with Crippen LogP contribution < -0.4 is 16.2 Å². The number of benzene rings is 1. The van der Waals surface area contributed by atoms with Gasteiger partial charge < -0.3 is 16.2 Å². The molecule has 0 bridgehead atoms. The number of halogens is 1. The highest BCUT2D eigenvalue weighted by atomic mass is 19.1. The van der Waals surface area contributed by atoms with Gasteiger partial charge in [-0.15, -0.1) is 0 Å². The molecule has 17 heavy (non-hydrogen) atoms. The van der Waals surface area contributed by atoms with Gasteiger partial charge in [0.2, 0.25) is 0 Å². The van der Waals surface area contributed by atoms with Crippen LogP contribution in [0.1, 0.15) is 18.1 Å². The molecule has 1 rings (SSSR count). The molecule has 3 nitrogen and oxygen atoms in total. The molecule has 1 aromatic carbocycles. The van der Waals surface area contributed by atoms with E-state index >= 15 is 0 Å². The number of aryl methyl sites for hydroxylation is 1. The van der Waals surface area contributed by atoms with Crippen molar-refractivity contribution < 1.29 is 9.13 Å². The molecule has 0 saturated heterocycles. The predicted molar refractivity (Wildman–Crippen MR) is 68.0 cm³/mol. The lowest BCUT2D eigenvalue weighted by Crippen LogP contribution is -2.22. The molecule has 1 aromatic rings. The first kappa shape index (κ1) is 13.9. The summed E-state index contributed by atoms with van der Waals surface area (Å²) < 4.78 is 18.4. The van der Waals surface area contributed by atoms with Gasteiger partial charge in [-0.05, 0) is 42.6 Å². The Morgan fingerprint density at radius 3 is 2.53 bits per heavy atom. The van der Waals surface area contributed by atoms with Crippen LogP contribution in [0.2, 0.25) is 0 Å². The zero-order valence-corrected chi connectivity index (χ0v) is 10.3. The zero-order chi connectivity index (χ0) is 12.7. The van der Waals surface area contributed by atoms with Crippen LogP contribution in [0.3, 0.4) is 0 Å². The van der Waals surface area contributed by atoms with E-state index in [4.69, 9.17) is 16.2 Å². The van der Waals surface area contributed by atoms with Gasteiger partial charge in [0.1, 0.15) is 18.5 Å². The molecule has 0 saturated carbocycles. The molecule has 4 N–H and O–H groups in total. The third kappa shape index (κ3) is 4.71. The van der Waals surface area contributed by atoms with Gasteiger partial charge in [-0.2, -0.15) is 0 Å². The lowest BCUT2D eigenvalue weighted by Gasteiger charge is -2.11. The molecule has 0 aliphatic heterocycles. The van der Waals surface area contributed by atoms with E-state index in [1.807, 2.05) is 12.1 Å². The first-order valence-corrected chi connectivity index (χ1v) is 5.99. The van der Waals surface area contributed by atoms with Crippen molar-refractivity contribution in [2.75, 3.05) is 19.7 Å². The maximum Gasteiger partial charge on any atom is 0.146 e. The molecule has 0 aromatic heterocycles. The van der Waals surface area contributed by atoms with E-state index in [9.17, 15) is 4.39 Å². The molecular formula is C13H21FN2O. The summed E-state index contributed by atoms with van der Waals surface area (Å²) in [6.07, 6.45) is 0.614. The lowest BCUT2D eigenvalue weighted by molar-refractivity contribution is 0.201. The maximum atomic E-state index is 13.0. The van der Waals surface area contributed by atoms with Gasteiger partial charge in [-0.25, -0.2) is 4.39 Å². The summed E-state index contributed by atoms with van der Waals surface area (Å²) in [6, 6.07) is 5.95. The molecule has 0 amide bonds. The van der Waals surface area contributed by atoms with Crippen molar-refractivity contribution >= 4 is 0 Å². The second-order valence-electron chi connectivity index (χ2n) is 4.02. The van der Waals surface area contributed by atoms with Gasteiger partial charge in [-0.1, -0.05) is 13.0 Å². The SMILES string of the molecule is CCc1cc(CCN)cc(OC[C@H](F)CN)c1. The summed E-state index contributed by atoms with van der Waals surface area (Å²) in [6.45, 7) is 2.67. The average molecular weight is 240 g/mol. The quantitative estimate of drug-likeness (QED) is 0.758. The van der Waals surface area contributed by atoms with Gasteiger partial charge >= 0.3 is 0 Å². The van der Waals surface area contributed by atoms with Crippen LogP contribution in [-0.4, -0.2) is 25.9 Å². The van der Waals surface area contributed by atoms with Crippen LogP contribution in [0.25, 0.3) is 0 Å². The fourth-order valence-electron chi connectivity index (χ4n) is 1.58. The molecule has 0 fully saturated rings. The van der Waals surface area contributed by atoms with Crippen LogP contribution in [0.4, 0.5) is 4.39 Å². The molecule has 1 atom stereocenters. The molecule has 0 aliphatic rings. The topological polar surface area (TPSA) is 61.3 Å². The molecule has 0 aliphatic carbocycles. The highest BCUT2D eigenvalue weighted by molar-refractivity contribution is 5.34. The Hall–Kier alpha value is -1.13. The van der Waals surface area contributed by atoms with Crippen LogP contribution in [-0.2, 0) is 12.8 Å². The monoisotopic (exact) mass is 240 g/mol. The normalized spacial score (nSPS) is 12.5. The Morgan fingerprint density at radius 2 is 1.94 bits per heavy atom. The van der Waals surface area contributed by atoms with E-state index in [1.54, 1.807) is 0 Å². The molecule has 0 radical (unpaired) electrons. The minimum atomic E-state index is -1.11. The number of hydrogen-bond acceptors (Lipinski definition) is 3. The van der Waals surface area contributed by atoms with Crippen LogP contribution in [0.15, 0.2) is 18.2 Å². The van der Waals surface area contributed by atoms with E-state index in [0.29, 0.717) is 12.3 Å². The summed E-state index contributed by atoms with van der Waals surface area (Å²) in [5.41, 5.74) is 13.0. The van der Waals surface area contributed by atoms with Crippen molar-refractivity contribution in [3.63, 3.8) is 0 Å². The van der Waals surface area contributed by atoms with Gasteiger partial charge in [0.25, 0.3) is 0 Å². The second-order valence-corrected chi connectivity index (χ2v) is 4.02. The largest absolute Gasteiger partial charge is 0.490 e. The minimum absolute atomic E-state index is 0.00569. The standard InChI is InChI=1S/C13H21FN2O/c1-2-10-5-11(3-4-15)7-13(6-10)17-9-12(14)8-16/h5-7,12H,2-4,8-9,15-16H2,1H3/t12-/m1/s1. The summed E-state index contributed by atoms with van der Waals surface area (Å²) in [7, 11) is 0. The lowest BCUT2D eigenvalue weighted by atomic mass is 10.1. The predicted octanol–water partition coefficient (Wildman–Crippen LogP) is 1.43. The highest BCUT2D eigenvalue weighted by Gasteiger charge is 2.06. The number of rotatable bonds is 7. The molecular weight excluding hydrogens is 219 g/mol. The highest BCUT2D eigenvalue weighted by Crippen LogP contribution is 2.18.